The summed E-state index contributed by atoms with van der Waals surface area (Å²) in [7, 11) is 2.12. The first-order valence-electron chi connectivity index (χ1n) is 6.39. The van der Waals surface area contributed by atoms with Gasteiger partial charge < -0.3 is 20.3 Å². The number of piperazine rings is 1. The van der Waals surface area contributed by atoms with Gasteiger partial charge in [-0.15, -0.1) is 0 Å². The zero-order valence-electron chi connectivity index (χ0n) is 11.1. The highest BCUT2D eigenvalue weighted by Crippen LogP contribution is 2.28. The van der Waals surface area contributed by atoms with Crippen LogP contribution in [0.1, 0.15) is 13.3 Å². The summed E-state index contributed by atoms with van der Waals surface area (Å²) in [5.74, 6) is 1.30. The number of nitrogens with two attached hydrogens (primary N) is 1. The molecule has 0 aromatic carbocycles. The third-order valence-electron chi connectivity index (χ3n) is 3.07. The Morgan fingerprint density at radius 3 is 2.67 bits per heavy atom. The predicted molar refractivity (Wildman–Crippen MR) is 71.9 cm³/mol. The van der Waals surface area contributed by atoms with E-state index in [9.17, 15) is 0 Å². The van der Waals surface area contributed by atoms with Crippen LogP contribution >= 0.6 is 0 Å². The molecular weight excluding hydrogens is 230 g/mol. The van der Waals surface area contributed by atoms with E-state index in [2.05, 4.69) is 33.7 Å². The summed E-state index contributed by atoms with van der Waals surface area (Å²) < 4.78 is 5.53. The highest BCUT2D eigenvalue weighted by atomic mass is 16.5. The number of ether oxygens (including phenoxy) is 1. The van der Waals surface area contributed by atoms with Gasteiger partial charge in [-0.1, -0.05) is 6.92 Å². The van der Waals surface area contributed by atoms with Crippen LogP contribution in [0.2, 0.25) is 0 Å². The van der Waals surface area contributed by atoms with Crippen LogP contribution in [-0.4, -0.2) is 54.7 Å². The standard InChI is InChI=1S/C12H21N5O/c1-3-8-18-12-10(13)11(14-9-15-12)17-6-4-16(2)5-7-17/h9H,3-8,13H2,1-2H3. The van der Waals surface area contributed by atoms with Crippen molar-refractivity contribution in [3.63, 3.8) is 0 Å². The minimum Gasteiger partial charge on any atom is -0.476 e. The molecule has 1 saturated heterocycles. The van der Waals surface area contributed by atoms with Gasteiger partial charge in [-0.3, -0.25) is 0 Å². The number of rotatable bonds is 4. The second kappa shape index (κ2) is 5.86. The van der Waals surface area contributed by atoms with E-state index in [0.717, 1.165) is 38.4 Å². The smallest absolute Gasteiger partial charge is 0.242 e. The third-order valence-corrected chi connectivity index (χ3v) is 3.07. The number of nitrogens with zero attached hydrogens (tertiary/aromatic N) is 4. The molecule has 1 aromatic heterocycles. The zero-order valence-corrected chi connectivity index (χ0v) is 11.1. The first kappa shape index (κ1) is 12.9. The van der Waals surface area contributed by atoms with E-state index in [1.807, 2.05) is 0 Å². The van der Waals surface area contributed by atoms with Crippen LogP contribution in [0.4, 0.5) is 11.5 Å². The molecule has 6 nitrogen and oxygen atoms in total. The molecule has 0 bridgehead atoms. The molecule has 2 heterocycles. The molecule has 1 fully saturated rings. The Morgan fingerprint density at radius 1 is 1.28 bits per heavy atom. The van der Waals surface area contributed by atoms with E-state index in [1.54, 1.807) is 0 Å². The second-order valence-electron chi connectivity index (χ2n) is 4.55. The first-order chi connectivity index (χ1) is 8.72. The monoisotopic (exact) mass is 251 g/mol. The second-order valence-corrected chi connectivity index (χ2v) is 4.55. The van der Waals surface area contributed by atoms with Gasteiger partial charge >= 0.3 is 0 Å². The van der Waals surface area contributed by atoms with Crippen LogP contribution in [0.15, 0.2) is 6.33 Å². The molecule has 100 valence electrons. The molecule has 1 aliphatic rings. The van der Waals surface area contributed by atoms with Crippen molar-refractivity contribution in [1.82, 2.24) is 14.9 Å². The van der Waals surface area contributed by atoms with Gasteiger partial charge in [0.15, 0.2) is 5.82 Å². The maximum absolute atomic E-state index is 6.08. The Bertz CT molecular complexity index is 390. The molecule has 0 spiro atoms. The molecule has 2 rings (SSSR count). The normalized spacial score (nSPS) is 16.9. The van der Waals surface area contributed by atoms with E-state index in [4.69, 9.17) is 10.5 Å². The minimum atomic E-state index is 0.501. The molecule has 0 radical (unpaired) electrons. The lowest BCUT2D eigenvalue weighted by atomic mass is 10.3. The molecular formula is C12H21N5O. The lowest BCUT2D eigenvalue weighted by molar-refractivity contribution is 0.304. The van der Waals surface area contributed by atoms with Gasteiger partial charge in [0.1, 0.15) is 12.0 Å². The molecule has 2 N–H and O–H groups in total. The molecule has 18 heavy (non-hydrogen) atoms. The van der Waals surface area contributed by atoms with Gasteiger partial charge in [0.2, 0.25) is 5.88 Å². The molecule has 0 aliphatic carbocycles. The van der Waals surface area contributed by atoms with Gasteiger partial charge in [0, 0.05) is 26.2 Å². The van der Waals surface area contributed by atoms with Crippen molar-refractivity contribution in [2.75, 3.05) is 50.5 Å². The molecule has 0 atom stereocenters. The van der Waals surface area contributed by atoms with Gasteiger partial charge in [-0.25, -0.2) is 4.98 Å². The molecule has 6 heteroatoms. The first-order valence-corrected chi connectivity index (χ1v) is 6.39. The maximum Gasteiger partial charge on any atom is 0.242 e. The van der Waals surface area contributed by atoms with Gasteiger partial charge in [-0.2, -0.15) is 4.98 Å². The number of nitrogen functional groups attached to an aromatic ring is 1. The Balaban J connectivity index is 2.12. The quantitative estimate of drug-likeness (QED) is 0.845. The lowest BCUT2D eigenvalue weighted by Gasteiger charge is -2.33. The fourth-order valence-electron chi connectivity index (χ4n) is 1.95. The largest absolute Gasteiger partial charge is 0.476 e. The summed E-state index contributed by atoms with van der Waals surface area (Å²) in [6.07, 6.45) is 2.46. The van der Waals surface area contributed by atoms with Crippen LogP contribution in [0.3, 0.4) is 0 Å². The number of hydrogen-bond donors (Lipinski definition) is 1. The Kier molecular flexibility index (Phi) is 4.19. The average Bonchev–Trinajstić information content (AvgIpc) is 2.39. The van der Waals surface area contributed by atoms with Gasteiger partial charge in [-0.05, 0) is 13.5 Å². The summed E-state index contributed by atoms with van der Waals surface area (Å²) in [4.78, 5) is 12.9. The van der Waals surface area contributed by atoms with E-state index < -0.39 is 0 Å². The Morgan fingerprint density at radius 2 is 2.00 bits per heavy atom. The topological polar surface area (TPSA) is 67.5 Å². The SMILES string of the molecule is CCCOc1ncnc(N2CCN(C)CC2)c1N. The average molecular weight is 251 g/mol. The number of aromatic nitrogens is 2. The Hall–Kier alpha value is -1.56. The fourth-order valence-corrected chi connectivity index (χ4v) is 1.95. The van der Waals surface area contributed by atoms with Crippen LogP contribution in [0.5, 0.6) is 5.88 Å². The summed E-state index contributed by atoms with van der Waals surface area (Å²) in [6.45, 7) is 6.60. The Labute approximate surface area is 108 Å². The highest BCUT2D eigenvalue weighted by Gasteiger charge is 2.19. The van der Waals surface area contributed by atoms with Crippen molar-refractivity contribution in [1.29, 1.82) is 0 Å². The summed E-state index contributed by atoms with van der Waals surface area (Å²) in [5.41, 5.74) is 6.64. The van der Waals surface area contributed by atoms with Crippen molar-refractivity contribution in [2.24, 2.45) is 0 Å². The van der Waals surface area contributed by atoms with Crippen LogP contribution in [-0.2, 0) is 0 Å². The van der Waals surface area contributed by atoms with E-state index in [1.165, 1.54) is 6.33 Å². The number of anilines is 2. The molecule has 0 amide bonds. The fraction of sp³-hybridized carbons (Fsp3) is 0.667. The van der Waals surface area contributed by atoms with E-state index in [-0.39, 0.29) is 0 Å². The maximum atomic E-state index is 6.08. The number of likely N-dealkylation sites (N-methyl/N-ethyl adjacent to an activating group) is 1. The van der Waals surface area contributed by atoms with Crippen molar-refractivity contribution >= 4 is 11.5 Å². The number of hydrogen-bond acceptors (Lipinski definition) is 6. The predicted octanol–water partition coefficient (Wildman–Crippen LogP) is 0.599. The minimum absolute atomic E-state index is 0.501. The van der Waals surface area contributed by atoms with Crippen molar-refractivity contribution in [2.45, 2.75) is 13.3 Å². The highest BCUT2D eigenvalue weighted by molar-refractivity contribution is 5.67. The van der Waals surface area contributed by atoms with Crippen molar-refractivity contribution in [3.05, 3.63) is 6.33 Å². The summed E-state index contributed by atoms with van der Waals surface area (Å²) in [6, 6.07) is 0. The van der Waals surface area contributed by atoms with Crippen LogP contribution < -0.4 is 15.4 Å². The van der Waals surface area contributed by atoms with Gasteiger partial charge in [0.05, 0.1) is 6.61 Å². The van der Waals surface area contributed by atoms with Crippen LogP contribution in [0, 0.1) is 0 Å². The van der Waals surface area contributed by atoms with E-state index >= 15 is 0 Å². The summed E-state index contributed by atoms with van der Waals surface area (Å²) >= 11 is 0. The van der Waals surface area contributed by atoms with Crippen molar-refractivity contribution < 1.29 is 4.74 Å². The van der Waals surface area contributed by atoms with E-state index in [0.29, 0.717) is 18.2 Å². The van der Waals surface area contributed by atoms with Crippen LogP contribution in [0.25, 0.3) is 0 Å². The molecule has 1 aliphatic heterocycles. The zero-order chi connectivity index (χ0) is 13.0. The molecule has 0 saturated carbocycles. The summed E-state index contributed by atoms with van der Waals surface area (Å²) in [5, 5.41) is 0. The third kappa shape index (κ3) is 2.81. The van der Waals surface area contributed by atoms with Crippen molar-refractivity contribution in [3.8, 4) is 5.88 Å². The van der Waals surface area contributed by atoms with Gasteiger partial charge in [0.25, 0.3) is 0 Å². The lowest BCUT2D eigenvalue weighted by Crippen LogP contribution is -2.45. The molecule has 1 aromatic rings. The molecule has 0 unspecified atom stereocenters.